The van der Waals surface area contributed by atoms with E-state index in [1.54, 1.807) is 17.3 Å². The molecule has 2 aliphatic rings. The fourth-order valence-corrected chi connectivity index (χ4v) is 5.55. The summed E-state index contributed by atoms with van der Waals surface area (Å²) in [6.07, 6.45) is 3.39. The molecule has 0 N–H and O–H groups in total. The Morgan fingerprint density at radius 3 is 2.50 bits per heavy atom. The summed E-state index contributed by atoms with van der Waals surface area (Å²) >= 11 is 3.69. The highest BCUT2D eigenvalue weighted by Crippen LogP contribution is 2.49. The summed E-state index contributed by atoms with van der Waals surface area (Å²) in [4.78, 5) is 9.06. The van der Waals surface area contributed by atoms with E-state index in [0.717, 1.165) is 0 Å². The van der Waals surface area contributed by atoms with E-state index < -0.39 is 0 Å². The molecule has 0 spiro atoms. The van der Waals surface area contributed by atoms with Crippen LogP contribution < -0.4 is 4.90 Å². The van der Waals surface area contributed by atoms with Crippen LogP contribution in [0, 0.1) is 0 Å². The van der Waals surface area contributed by atoms with Crippen LogP contribution in [0.15, 0.2) is 57.2 Å². The number of fused-ring (bicyclic) bond motifs is 3. The first kappa shape index (κ1) is 16.4. The number of para-hydroxylation sites is 1. The van der Waals surface area contributed by atoms with Crippen molar-refractivity contribution in [2.45, 2.75) is 33.1 Å². The van der Waals surface area contributed by atoms with E-state index in [4.69, 9.17) is 0 Å². The van der Waals surface area contributed by atoms with Gasteiger partial charge in [-0.05, 0) is 62.2 Å². The first-order valence-corrected chi connectivity index (χ1v) is 10.6. The summed E-state index contributed by atoms with van der Waals surface area (Å²) < 4.78 is 0. The summed E-state index contributed by atoms with van der Waals surface area (Å²) in [5, 5.41) is 0. The molecule has 0 radical (unpaired) electrons. The zero-order valence-corrected chi connectivity index (χ0v) is 16.2. The summed E-state index contributed by atoms with van der Waals surface area (Å²) in [5.74, 6) is 0.656. The Balaban J connectivity index is 1.66. The van der Waals surface area contributed by atoms with E-state index in [1.165, 1.54) is 39.9 Å². The van der Waals surface area contributed by atoms with E-state index >= 15 is 0 Å². The molecule has 2 aromatic carbocycles. The molecule has 126 valence electrons. The van der Waals surface area contributed by atoms with Gasteiger partial charge in [-0.25, -0.2) is 0 Å². The maximum atomic E-state index is 2.55. The highest BCUT2D eigenvalue weighted by atomic mass is 32.2. The van der Waals surface area contributed by atoms with Gasteiger partial charge in [-0.3, -0.25) is 0 Å². The van der Waals surface area contributed by atoms with Crippen LogP contribution in [0.25, 0.3) is 0 Å². The molecular weight excluding hydrogens is 332 g/mol. The van der Waals surface area contributed by atoms with Crippen LogP contribution in [-0.2, 0) is 0 Å². The van der Waals surface area contributed by atoms with Gasteiger partial charge in [0.1, 0.15) is 0 Å². The van der Waals surface area contributed by atoms with E-state index in [0.29, 0.717) is 12.0 Å². The number of rotatable bonds is 3. The standard InChI is InChI=1S/C20H24N2S2/c1-21-12-11-18-17(13-21)16-5-4-6-19(20(16)22(18)2)24-15-9-7-14(23-3)8-10-15/h4-10,17-18H,11-13H2,1-3H3/t17-,18+/m1/s1. The molecule has 24 heavy (non-hydrogen) atoms. The minimum Gasteiger partial charge on any atom is -0.370 e. The number of likely N-dealkylation sites (tertiary alicyclic amines) is 1. The molecule has 0 saturated carbocycles. The SMILES string of the molecule is CSc1ccc(Sc2cccc3c2N(C)[C@H]2CCN(C)C[C@H]32)cc1. The molecule has 0 aliphatic carbocycles. The molecule has 2 heterocycles. The number of hydrogen-bond donors (Lipinski definition) is 0. The fraction of sp³-hybridized carbons (Fsp3) is 0.400. The molecule has 2 nitrogen and oxygen atoms in total. The summed E-state index contributed by atoms with van der Waals surface area (Å²) in [6.45, 7) is 2.39. The number of hydrogen-bond acceptors (Lipinski definition) is 4. The topological polar surface area (TPSA) is 6.48 Å². The highest BCUT2D eigenvalue weighted by Gasteiger charge is 2.40. The van der Waals surface area contributed by atoms with Crippen molar-refractivity contribution in [1.29, 1.82) is 0 Å². The third-order valence-corrected chi connectivity index (χ3v) is 7.15. The molecule has 1 fully saturated rings. The molecule has 1 saturated heterocycles. The second kappa shape index (κ2) is 6.66. The fourth-order valence-electron chi connectivity index (χ4n) is 4.11. The maximum absolute atomic E-state index is 2.55. The quantitative estimate of drug-likeness (QED) is 0.729. The minimum atomic E-state index is 0.656. The van der Waals surface area contributed by atoms with Gasteiger partial charge in [0.05, 0.1) is 5.69 Å². The van der Waals surface area contributed by atoms with Crippen molar-refractivity contribution in [3.8, 4) is 0 Å². The van der Waals surface area contributed by atoms with Crippen LogP contribution in [0.4, 0.5) is 5.69 Å². The number of benzene rings is 2. The van der Waals surface area contributed by atoms with Gasteiger partial charge >= 0.3 is 0 Å². The van der Waals surface area contributed by atoms with Gasteiger partial charge in [0, 0.05) is 40.2 Å². The van der Waals surface area contributed by atoms with Crippen molar-refractivity contribution in [1.82, 2.24) is 4.90 Å². The molecule has 4 heteroatoms. The Labute approximate surface area is 153 Å². The first-order valence-electron chi connectivity index (χ1n) is 8.53. The molecule has 2 atom stereocenters. The predicted molar refractivity (Wildman–Crippen MR) is 106 cm³/mol. The van der Waals surface area contributed by atoms with Crippen LogP contribution in [0.3, 0.4) is 0 Å². The lowest BCUT2D eigenvalue weighted by molar-refractivity contribution is 0.234. The van der Waals surface area contributed by atoms with Crippen LogP contribution in [0.5, 0.6) is 0 Å². The third-order valence-electron chi connectivity index (χ3n) is 5.35. The Kier molecular flexibility index (Phi) is 4.54. The van der Waals surface area contributed by atoms with Gasteiger partial charge in [0.2, 0.25) is 0 Å². The van der Waals surface area contributed by atoms with Crippen LogP contribution in [0.2, 0.25) is 0 Å². The number of anilines is 1. The second-order valence-corrected chi connectivity index (χ2v) is 8.80. The summed E-state index contributed by atoms with van der Waals surface area (Å²) in [7, 11) is 4.54. The van der Waals surface area contributed by atoms with E-state index in [-0.39, 0.29) is 0 Å². The zero-order valence-electron chi connectivity index (χ0n) is 14.5. The number of likely N-dealkylation sites (N-methyl/N-ethyl adjacent to an activating group) is 2. The molecule has 0 unspecified atom stereocenters. The minimum absolute atomic E-state index is 0.656. The predicted octanol–water partition coefficient (Wildman–Crippen LogP) is 4.80. The van der Waals surface area contributed by atoms with Crippen molar-refractivity contribution >= 4 is 29.2 Å². The lowest BCUT2D eigenvalue weighted by atomic mass is 9.89. The average Bonchev–Trinajstić information content (AvgIpc) is 2.89. The number of piperidine rings is 1. The zero-order chi connectivity index (χ0) is 16.7. The van der Waals surface area contributed by atoms with Crippen LogP contribution in [0.1, 0.15) is 17.9 Å². The van der Waals surface area contributed by atoms with Gasteiger partial charge in [0.15, 0.2) is 0 Å². The van der Waals surface area contributed by atoms with E-state index in [2.05, 4.69) is 72.6 Å². The smallest absolute Gasteiger partial charge is 0.0544 e. The van der Waals surface area contributed by atoms with E-state index in [9.17, 15) is 0 Å². The Morgan fingerprint density at radius 2 is 1.75 bits per heavy atom. The van der Waals surface area contributed by atoms with Gasteiger partial charge < -0.3 is 9.80 Å². The lowest BCUT2D eigenvalue weighted by Gasteiger charge is -2.35. The van der Waals surface area contributed by atoms with Crippen molar-refractivity contribution in [2.75, 3.05) is 38.3 Å². The summed E-state index contributed by atoms with van der Waals surface area (Å²) in [5.41, 5.74) is 3.00. The molecule has 0 bridgehead atoms. The average molecular weight is 357 g/mol. The van der Waals surface area contributed by atoms with Crippen LogP contribution in [-0.4, -0.2) is 44.4 Å². The summed E-state index contributed by atoms with van der Waals surface area (Å²) in [6, 6.07) is 16.4. The Morgan fingerprint density at radius 1 is 1.00 bits per heavy atom. The molecule has 0 amide bonds. The first-order chi connectivity index (χ1) is 11.7. The van der Waals surface area contributed by atoms with Gasteiger partial charge in [0.25, 0.3) is 0 Å². The molecule has 2 aliphatic heterocycles. The van der Waals surface area contributed by atoms with Crippen molar-refractivity contribution in [2.24, 2.45) is 0 Å². The molecular formula is C20H24N2S2. The maximum Gasteiger partial charge on any atom is 0.0544 e. The molecule has 4 rings (SSSR count). The van der Waals surface area contributed by atoms with E-state index in [1.807, 2.05) is 11.8 Å². The molecule has 2 aromatic rings. The van der Waals surface area contributed by atoms with Gasteiger partial charge in [-0.1, -0.05) is 23.9 Å². The third kappa shape index (κ3) is 2.85. The van der Waals surface area contributed by atoms with Gasteiger partial charge in [-0.15, -0.1) is 11.8 Å². The van der Waals surface area contributed by atoms with Crippen molar-refractivity contribution < 1.29 is 0 Å². The van der Waals surface area contributed by atoms with Crippen molar-refractivity contribution in [3.05, 3.63) is 48.0 Å². The van der Waals surface area contributed by atoms with Crippen LogP contribution >= 0.6 is 23.5 Å². The highest BCUT2D eigenvalue weighted by molar-refractivity contribution is 7.99. The lowest BCUT2D eigenvalue weighted by Crippen LogP contribution is -2.43. The number of nitrogens with zero attached hydrogens (tertiary/aromatic N) is 2. The Bertz CT molecular complexity index is 729. The second-order valence-electron chi connectivity index (χ2n) is 6.81. The monoisotopic (exact) mass is 356 g/mol. The normalized spacial score (nSPS) is 23.2. The number of thioether (sulfide) groups is 1. The van der Waals surface area contributed by atoms with Crippen molar-refractivity contribution in [3.63, 3.8) is 0 Å². The Hall–Kier alpha value is -1.10. The largest absolute Gasteiger partial charge is 0.370 e. The van der Waals surface area contributed by atoms with Gasteiger partial charge in [-0.2, -0.15) is 0 Å². The molecule has 0 aromatic heterocycles.